The second-order valence-corrected chi connectivity index (χ2v) is 6.27. The monoisotopic (exact) mass is 354 g/mol. The molecule has 0 atom stereocenters. The number of thioether (sulfide) groups is 1. The molecule has 0 aliphatic carbocycles. The van der Waals surface area contributed by atoms with Crippen molar-refractivity contribution in [3.63, 3.8) is 0 Å². The Labute approximate surface area is 148 Å². The van der Waals surface area contributed by atoms with E-state index in [9.17, 15) is 14.9 Å². The first-order valence-electron chi connectivity index (χ1n) is 7.40. The largest absolute Gasteiger partial charge is 0.402 e. The maximum Gasteiger partial charge on any atom is 0.363 e. The molecule has 0 amide bonds. The molecule has 3 rings (SSSR count). The maximum atomic E-state index is 12.1. The Bertz CT molecular complexity index is 917. The van der Waals surface area contributed by atoms with E-state index in [0.29, 0.717) is 0 Å². The van der Waals surface area contributed by atoms with Gasteiger partial charge in [-0.15, -0.1) is 11.8 Å². The van der Waals surface area contributed by atoms with E-state index in [4.69, 9.17) is 4.74 Å². The van der Waals surface area contributed by atoms with E-state index in [1.165, 1.54) is 6.07 Å². The molecule has 0 bridgehead atoms. The number of rotatable bonds is 4. The first-order valence-corrected chi connectivity index (χ1v) is 8.62. The number of benzene rings is 2. The lowest BCUT2D eigenvalue weighted by Gasteiger charge is -2.02. The number of cyclic esters (lactones) is 1. The topological polar surface area (TPSA) is 81.8 Å². The molecule has 0 N–H and O–H groups in total. The van der Waals surface area contributed by atoms with Crippen LogP contribution in [-0.2, 0) is 9.53 Å². The molecule has 1 aliphatic rings. The van der Waals surface area contributed by atoms with Gasteiger partial charge in [0.15, 0.2) is 5.70 Å². The fourth-order valence-electron chi connectivity index (χ4n) is 2.36. The van der Waals surface area contributed by atoms with E-state index < -0.39 is 10.9 Å². The number of carbonyl (C=O) groups is 1. The van der Waals surface area contributed by atoms with Crippen LogP contribution in [0.4, 0.5) is 5.69 Å². The third-order valence-corrected chi connectivity index (χ3v) is 4.36. The minimum Gasteiger partial charge on any atom is -0.402 e. The Morgan fingerprint density at radius 1 is 1.20 bits per heavy atom. The van der Waals surface area contributed by atoms with Crippen LogP contribution in [-0.4, -0.2) is 23.0 Å². The molecule has 25 heavy (non-hydrogen) atoms. The summed E-state index contributed by atoms with van der Waals surface area (Å²) in [5.41, 5.74) is 1.77. The standard InChI is InChI=1S/C18H14N2O4S/c1-11-3-8-16(20(22)23)14(9-11)17-19-15(18(21)24-17)10-12-4-6-13(25-2)7-5-12/h3-10H,1-2H3/b15-10+. The molecule has 2 aromatic rings. The fraction of sp³-hybridized carbons (Fsp3) is 0.111. The predicted octanol–water partition coefficient (Wildman–Crippen LogP) is 3.97. The predicted molar refractivity (Wildman–Crippen MR) is 96.7 cm³/mol. The van der Waals surface area contributed by atoms with E-state index in [0.717, 1.165) is 16.0 Å². The number of esters is 1. The van der Waals surface area contributed by atoms with Crippen molar-refractivity contribution in [2.24, 2.45) is 4.99 Å². The van der Waals surface area contributed by atoms with Crippen LogP contribution in [0.2, 0.25) is 0 Å². The Kier molecular flexibility index (Phi) is 4.67. The molecule has 1 heterocycles. The molecule has 0 radical (unpaired) electrons. The zero-order valence-electron chi connectivity index (χ0n) is 13.6. The minimum atomic E-state index is -0.625. The lowest BCUT2D eigenvalue weighted by atomic mass is 10.1. The third-order valence-electron chi connectivity index (χ3n) is 3.62. The van der Waals surface area contributed by atoms with E-state index in [1.54, 1.807) is 36.9 Å². The fourth-order valence-corrected chi connectivity index (χ4v) is 2.77. The molecule has 0 aromatic heterocycles. The Morgan fingerprint density at radius 2 is 1.92 bits per heavy atom. The Morgan fingerprint density at radius 3 is 2.56 bits per heavy atom. The van der Waals surface area contributed by atoms with Gasteiger partial charge in [0, 0.05) is 11.0 Å². The lowest BCUT2D eigenvalue weighted by molar-refractivity contribution is -0.385. The normalized spacial score (nSPS) is 15.2. The van der Waals surface area contributed by atoms with Gasteiger partial charge in [0.2, 0.25) is 5.90 Å². The van der Waals surface area contributed by atoms with Crippen LogP contribution < -0.4 is 0 Å². The summed E-state index contributed by atoms with van der Waals surface area (Å²) in [4.78, 5) is 28.0. The van der Waals surface area contributed by atoms with Crippen molar-refractivity contribution in [3.05, 3.63) is 75.0 Å². The zero-order valence-corrected chi connectivity index (χ0v) is 14.4. The van der Waals surface area contributed by atoms with Crippen LogP contribution in [0, 0.1) is 17.0 Å². The first-order chi connectivity index (χ1) is 12.0. The summed E-state index contributed by atoms with van der Waals surface area (Å²) in [6.45, 7) is 1.80. The molecule has 0 fully saturated rings. The molecular weight excluding hydrogens is 340 g/mol. The van der Waals surface area contributed by atoms with Gasteiger partial charge < -0.3 is 4.74 Å². The van der Waals surface area contributed by atoms with Gasteiger partial charge in [0.1, 0.15) is 5.56 Å². The van der Waals surface area contributed by atoms with Gasteiger partial charge in [0.05, 0.1) is 4.92 Å². The van der Waals surface area contributed by atoms with Crippen molar-refractivity contribution in [3.8, 4) is 0 Å². The summed E-state index contributed by atoms with van der Waals surface area (Å²) < 4.78 is 5.16. The summed E-state index contributed by atoms with van der Waals surface area (Å²) in [6, 6.07) is 12.2. The van der Waals surface area contributed by atoms with Gasteiger partial charge in [-0.2, -0.15) is 0 Å². The van der Waals surface area contributed by atoms with Crippen molar-refractivity contribution in [2.45, 2.75) is 11.8 Å². The highest BCUT2D eigenvalue weighted by Gasteiger charge is 2.29. The van der Waals surface area contributed by atoms with Gasteiger partial charge in [-0.3, -0.25) is 10.1 Å². The molecule has 126 valence electrons. The van der Waals surface area contributed by atoms with Crippen molar-refractivity contribution < 1.29 is 14.5 Å². The SMILES string of the molecule is CSc1ccc(/C=C2/N=C(c3cc(C)ccc3[N+](=O)[O-])OC2=O)cc1. The number of hydrogen-bond donors (Lipinski definition) is 0. The number of ether oxygens (including phenoxy) is 1. The van der Waals surface area contributed by atoms with E-state index >= 15 is 0 Å². The van der Waals surface area contributed by atoms with Crippen LogP contribution in [0.1, 0.15) is 16.7 Å². The van der Waals surface area contributed by atoms with E-state index in [1.807, 2.05) is 30.5 Å². The lowest BCUT2D eigenvalue weighted by Crippen LogP contribution is -2.08. The van der Waals surface area contributed by atoms with Crippen LogP contribution in [0.5, 0.6) is 0 Å². The minimum absolute atomic E-state index is 0.0487. The van der Waals surface area contributed by atoms with Gasteiger partial charge in [0.25, 0.3) is 5.69 Å². The molecule has 0 spiro atoms. The number of nitro groups is 1. The van der Waals surface area contributed by atoms with E-state index in [2.05, 4.69) is 4.99 Å². The molecule has 0 saturated heterocycles. The highest BCUT2D eigenvalue weighted by Crippen LogP contribution is 2.26. The third kappa shape index (κ3) is 3.61. The quantitative estimate of drug-likeness (QED) is 0.273. The summed E-state index contributed by atoms with van der Waals surface area (Å²) >= 11 is 1.62. The van der Waals surface area contributed by atoms with Crippen molar-refractivity contribution in [2.75, 3.05) is 6.26 Å². The summed E-state index contributed by atoms with van der Waals surface area (Å²) in [5.74, 6) is -0.674. The Balaban J connectivity index is 1.99. The molecule has 7 heteroatoms. The summed E-state index contributed by atoms with van der Waals surface area (Å²) in [5, 5.41) is 11.2. The molecule has 1 aliphatic heterocycles. The highest BCUT2D eigenvalue weighted by molar-refractivity contribution is 7.98. The zero-order chi connectivity index (χ0) is 18.0. The first kappa shape index (κ1) is 16.9. The van der Waals surface area contributed by atoms with Crippen LogP contribution in [0.3, 0.4) is 0 Å². The number of nitrogens with zero attached hydrogens (tertiary/aromatic N) is 2. The van der Waals surface area contributed by atoms with Gasteiger partial charge in [-0.25, -0.2) is 9.79 Å². The molecule has 6 nitrogen and oxygen atoms in total. The van der Waals surface area contributed by atoms with Gasteiger partial charge in [-0.1, -0.05) is 18.2 Å². The second-order valence-electron chi connectivity index (χ2n) is 5.39. The second kappa shape index (κ2) is 6.90. The smallest absolute Gasteiger partial charge is 0.363 e. The molecule has 2 aromatic carbocycles. The van der Waals surface area contributed by atoms with Crippen molar-refractivity contribution in [1.82, 2.24) is 0 Å². The molecule has 0 saturated carbocycles. The van der Waals surface area contributed by atoms with Crippen LogP contribution in [0.25, 0.3) is 6.08 Å². The van der Waals surface area contributed by atoms with Gasteiger partial charge in [-0.05, 0) is 48.6 Å². The number of nitro benzene ring substituents is 1. The summed E-state index contributed by atoms with van der Waals surface area (Å²) in [6.07, 6.45) is 3.58. The Hall–Kier alpha value is -2.93. The van der Waals surface area contributed by atoms with Crippen LogP contribution >= 0.6 is 11.8 Å². The number of aliphatic imine (C=N–C) groups is 1. The maximum absolute atomic E-state index is 12.1. The molecular formula is C18H14N2O4S. The highest BCUT2D eigenvalue weighted by atomic mass is 32.2. The average molecular weight is 354 g/mol. The number of aryl methyl sites for hydroxylation is 1. The van der Waals surface area contributed by atoms with Crippen molar-refractivity contribution >= 4 is 35.4 Å². The molecule has 0 unspecified atom stereocenters. The van der Waals surface area contributed by atoms with E-state index in [-0.39, 0.29) is 22.8 Å². The number of hydrogen-bond acceptors (Lipinski definition) is 6. The summed E-state index contributed by atoms with van der Waals surface area (Å²) in [7, 11) is 0. The van der Waals surface area contributed by atoms with Crippen molar-refractivity contribution in [1.29, 1.82) is 0 Å². The van der Waals surface area contributed by atoms with Gasteiger partial charge >= 0.3 is 5.97 Å². The van der Waals surface area contributed by atoms with Crippen LogP contribution in [0.15, 0.2) is 58.0 Å². The number of carbonyl (C=O) groups excluding carboxylic acids is 1. The average Bonchev–Trinajstić information content (AvgIpc) is 2.96.